The molecule has 1 aromatic carbocycles. The van der Waals surface area contributed by atoms with Gasteiger partial charge in [0.25, 0.3) is 11.6 Å². The quantitative estimate of drug-likeness (QED) is 0.456. The second-order valence-corrected chi connectivity index (χ2v) is 7.86. The molecular weight excluding hydrogens is 386 g/mol. The fourth-order valence-corrected chi connectivity index (χ4v) is 3.41. The lowest BCUT2D eigenvalue weighted by Crippen LogP contribution is -2.28. The number of aromatic nitrogens is 3. The Labute approximate surface area is 172 Å². The average Bonchev–Trinajstić information content (AvgIpc) is 3.49. The zero-order valence-electron chi connectivity index (χ0n) is 16.8. The van der Waals surface area contributed by atoms with Gasteiger partial charge in [-0.3, -0.25) is 14.9 Å². The number of non-ortho nitro benzene ring substituents is 1. The highest BCUT2D eigenvalue weighted by Gasteiger charge is 2.28. The van der Waals surface area contributed by atoms with Gasteiger partial charge in [0.2, 0.25) is 0 Å². The summed E-state index contributed by atoms with van der Waals surface area (Å²) < 4.78 is 1.81. The first-order valence-corrected chi connectivity index (χ1v) is 9.94. The maximum absolute atomic E-state index is 12.9. The van der Waals surface area contributed by atoms with Crippen molar-refractivity contribution in [3.8, 4) is 0 Å². The number of nitro benzene ring substituents is 1. The number of pyridine rings is 1. The third-order valence-electron chi connectivity index (χ3n) is 5.26. The molecule has 0 spiro atoms. The summed E-state index contributed by atoms with van der Waals surface area (Å²) in [4.78, 5) is 27.9. The molecule has 2 N–H and O–H groups in total. The van der Waals surface area contributed by atoms with Crippen LogP contribution in [-0.2, 0) is 0 Å². The van der Waals surface area contributed by atoms with Crippen LogP contribution in [0.5, 0.6) is 0 Å². The molecular formula is C21H23N5O4. The molecule has 9 nitrogen and oxygen atoms in total. The summed E-state index contributed by atoms with van der Waals surface area (Å²) in [5.74, 6) is 0.0655. The molecule has 1 amide bonds. The summed E-state index contributed by atoms with van der Waals surface area (Å²) in [6.45, 7) is 4.01. The highest BCUT2D eigenvalue weighted by atomic mass is 16.6. The van der Waals surface area contributed by atoms with Crippen LogP contribution in [0, 0.1) is 10.1 Å². The van der Waals surface area contributed by atoms with E-state index in [2.05, 4.69) is 10.4 Å². The van der Waals surface area contributed by atoms with E-state index in [4.69, 9.17) is 4.98 Å². The van der Waals surface area contributed by atoms with Gasteiger partial charge in [-0.25, -0.2) is 9.67 Å². The third kappa shape index (κ3) is 3.88. The van der Waals surface area contributed by atoms with E-state index in [1.54, 1.807) is 6.20 Å². The molecule has 4 rings (SSSR count). The molecule has 2 aromatic heterocycles. The summed E-state index contributed by atoms with van der Waals surface area (Å²) in [5.41, 5.74) is 2.52. The number of fused-ring (bicyclic) bond motifs is 1. The zero-order valence-corrected chi connectivity index (χ0v) is 16.8. The Morgan fingerprint density at radius 3 is 2.63 bits per heavy atom. The molecule has 156 valence electrons. The molecule has 1 saturated carbocycles. The van der Waals surface area contributed by atoms with Crippen molar-refractivity contribution in [3.63, 3.8) is 0 Å². The minimum atomic E-state index is -0.978. The van der Waals surface area contributed by atoms with Crippen LogP contribution >= 0.6 is 0 Å². The van der Waals surface area contributed by atoms with Crippen LogP contribution in [0.3, 0.4) is 0 Å². The molecule has 1 fully saturated rings. The van der Waals surface area contributed by atoms with Crippen molar-refractivity contribution in [2.24, 2.45) is 0 Å². The number of rotatable bonds is 7. The van der Waals surface area contributed by atoms with Crippen LogP contribution in [0.2, 0.25) is 0 Å². The van der Waals surface area contributed by atoms with Crippen LogP contribution in [0.4, 0.5) is 5.69 Å². The van der Waals surface area contributed by atoms with Crippen molar-refractivity contribution in [2.75, 3.05) is 6.54 Å². The van der Waals surface area contributed by atoms with Gasteiger partial charge in [-0.1, -0.05) is 0 Å². The molecule has 30 heavy (non-hydrogen) atoms. The van der Waals surface area contributed by atoms with Crippen LogP contribution in [0.1, 0.15) is 66.4 Å². The van der Waals surface area contributed by atoms with Gasteiger partial charge in [0.15, 0.2) is 5.65 Å². The summed E-state index contributed by atoms with van der Waals surface area (Å²) >= 11 is 0. The lowest BCUT2D eigenvalue weighted by molar-refractivity contribution is -0.384. The minimum absolute atomic E-state index is 0.0163. The fourth-order valence-electron chi connectivity index (χ4n) is 3.41. The number of carbonyl (C=O) groups excluding carboxylic acids is 1. The minimum Gasteiger partial charge on any atom is -0.387 e. The largest absolute Gasteiger partial charge is 0.387 e. The number of nitrogens with one attached hydrogen (secondary N) is 1. The summed E-state index contributed by atoms with van der Waals surface area (Å²) in [7, 11) is 0. The summed E-state index contributed by atoms with van der Waals surface area (Å²) in [5, 5.41) is 29.0. The first-order chi connectivity index (χ1) is 14.3. The highest BCUT2D eigenvalue weighted by molar-refractivity contribution is 6.05. The zero-order chi connectivity index (χ0) is 21.4. The van der Waals surface area contributed by atoms with Gasteiger partial charge in [0, 0.05) is 36.3 Å². The van der Waals surface area contributed by atoms with Crippen molar-refractivity contribution < 1.29 is 14.8 Å². The lowest BCUT2D eigenvalue weighted by Gasteiger charge is -2.13. The van der Waals surface area contributed by atoms with Gasteiger partial charge in [-0.15, -0.1) is 0 Å². The van der Waals surface area contributed by atoms with Gasteiger partial charge in [-0.2, -0.15) is 5.10 Å². The predicted octanol–water partition coefficient (Wildman–Crippen LogP) is 3.26. The summed E-state index contributed by atoms with van der Waals surface area (Å²) in [6, 6.07) is 7.56. The Balaban J connectivity index is 1.55. The first-order valence-electron chi connectivity index (χ1n) is 9.94. The Hall–Kier alpha value is -3.33. The molecule has 9 heteroatoms. The van der Waals surface area contributed by atoms with E-state index in [9.17, 15) is 20.0 Å². The van der Waals surface area contributed by atoms with E-state index in [-0.39, 0.29) is 24.2 Å². The Bertz CT molecular complexity index is 1100. The van der Waals surface area contributed by atoms with Gasteiger partial charge in [-0.05, 0) is 50.5 Å². The van der Waals surface area contributed by atoms with E-state index in [1.165, 1.54) is 24.3 Å². The molecule has 0 unspecified atom stereocenters. The number of nitrogens with zero attached hydrogens (tertiary/aromatic N) is 4. The maximum Gasteiger partial charge on any atom is 0.269 e. The average molecular weight is 409 g/mol. The third-order valence-corrected chi connectivity index (χ3v) is 5.26. The van der Waals surface area contributed by atoms with Crippen molar-refractivity contribution in [3.05, 3.63) is 63.5 Å². The first kappa shape index (κ1) is 20.0. The van der Waals surface area contributed by atoms with Crippen LogP contribution < -0.4 is 5.32 Å². The second kappa shape index (κ2) is 7.83. The van der Waals surface area contributed by atoms with Gasteiger partial charge in [0.05, 0.1) is 28.2 Å². The van der Waals surface area contributed by atoms with E-state index in [1.807, 2.05) is 24.6 Å². The van der Waals surface area contributed by atoms with E-state index in [0.29, 0.717) is 28.1 Å². The van der Waals surface area contributed by atoms with Crippen molar-refractivity contribution >= 4 is 22.6 Å². The number of nitro groups is 1. The van der Waals surface area contributed by atoms with Crippen molar-refractivity contribution in [2.45, 2.75) is 44.8 Å². The second-order valence-electron chi connectivity index (χ2n) is 7.86. The van der Waals surface area contributed by atoms with Crippen molar-refractivity contribution in [1.82, 2.24) is 20.1 Å². The van der Waals surface area contributed by atoms with Gasteiger partial charge in [0.1, 0.15) is 0 Å². The van der Waals surface area contributed by atoms with E-state index >= 15 is 0 Å². The molecule has 0 radical (unpaired) electrons. The van der Waals surface area contributed by atoms with E-state index in [0.717, 1.165) is 18.5 Å². The molecule has 2 heterocycles. The topological polar surface area (TPSA) is 123 Å². The maximum atomic E-state index is 12.9. The summed E-state index contributed by atoms with van der Waals surface area (Å²) in [6.07, 6.45) is 2.80. The Morgan fingerprint density at radius 1 is 1.33 bits per heavy atom. The Kier molecular flexibility index (Phi) is 5.21. The predicted molar refractivity (Wildman–Crippen MR) is 110 cm³/mol. The number of aliphatic hydroxyl groups excluding tert-OH is 1. The van der Waals surface area contributed by atoms with Gasteiger partial charge >= 0.3 is 0 Å². The van der Waals surface area contributed by atoms with Crippen molar-refractivity contribution in [1.29, 1.82) is 0 Å². The molecule has 3 aromatic rings. The fraction of sp³-hybridized carbons (Fsp3) is 0.381. The number of amides is 1. The number of hydrogen-bond donors (Lipinski definition) is 2. The normalized spacial score (nSPS) is 14.8. The van der Waals surface area contributed by atoms with E-state index < -0.39 is 11.0 Å². The number of hydrogen-bond acceptors (Lipinski definition) is 6. The number of benzene rings is 1. The lowest BCUT2D eigenvalue weighted by atomic mass is 10.1. The molecule has 1 atom stereocenters. The number of carbonyl (C=O) groups is 1. The smallest absolute Gasteiger partial charge is 0.269 e. The molecule has 0 aliphatic heterocycles. The molecule has 0 saturated heterocycles. The number of aliphatic hydroxyl groups is 1. The van der Waals surface area contributed by atoms with Crippen LogP contribution in [0.25, 0.3) is 11.0 Å². The van der Waals surface area contributed by atoms with Crippen LogP contribution in [-0.4, -0.2) is 37.2 Å². The standard InChI is InChI=1S/C21H23N5O4/c1-12(2)25-20-17(10-23-25)16(9-18(24-20)13-3-4-13)21(28)22-11-19(27)14-5-7-15(8-6-14)26(29)30/h5-10,12-13,19,27H,3-4,11H2,1-2H3,(H,22,28)/t19-/m1/s1. The molecule has 1 aliphatic carbocycles. The van der Waals surface area contributed by atoms with Gasteiger partial charge < -0.3 is 10.4 Å². The molecule has 1 aliphatic rings. The van der Waals surface area contributed by atoms with Crippen LogP contribution in [0.15, 0.2) is 36.5 Å². The Morgan fingerprint density at radius 2 is 2.03 bits per heavy atom. The SMILES string of the molecule is CC(C)n1ncc2c(C(=O)NC[C@@H](O)c3ccc([N+](=O)[O-])cc3)cc(C3CC3)nc21. The highest BCUT2D eigenvalue weighted by Crippen LogP contribution is 2.40. The monoisotopic (exact) mass is 409 g/mol. The molecule has 0 bridgehead atoms.